The van der Waals surface area contributed by atoms with Gasteiger partial charge in [0.15, 0.2) is 0 Å². The van der Waals surface area contributed by atoms with E-state index in [1.54, 1.807) is 12.3 Å². The van der Waals surface area contributed by atoms with Crippen LogP contribution in [0.4, 0.5) is 0 Å². The van der Waals surface area contributed by atoms with E-state index in [1.165, 1.54) is 12.3 Å². The quantitative estimate of drug-likeness (QED) is 0.795. The Morgan fingerprint density at radius 1 is 1.25 bits per heavy atom. The maximum Gasteiger partial charge on any atom is 0.256 e. The number of rotatable bonds is 3. The van der Waals surface area contributed by atoms with Gasteiger partial charge in [-0.2, -0.15) is 0 Å². The van der Waals surface area contributed by atoms with E-state index in [2.05, 4.69) is 31.2 Å². The van der Waals surface area contributed by atoms with Crippen LogP contribution >= 0.6 is 50.7 Å². The van der Waals surface area contributed by atoms with Crippen molar-refractivity contribution < 1.29 is 4.79 Å². The first-order chi connectivity index (χ1) is 9.49. The molecule has 104 valence electrons. The van der Waals surface area contributed by atoms with E-state index in [4.69, 9.17) is 34.8 Å². The fourth-order valence-electron chi connectivity index (χ4n) is 1.44. The Labute approximate surface area is 138 Å². The van der Waals surface area contributed by atoms with E-state index in [1.807, 2.05) is 0 Å². The Morgan fingerprint density at radius 2 is 2.00 bits per heavy atom. The van der Waals surface area contributed by atoms with Crippen LogP contribution in [0.25, 0.3) is 0 Å². The zero-order valence-corrected chi connectivity index (χ0v) is 13.7. The number of carbonyl (C=O) groups is 1. The molecule has 1 N–H and O–H groups in total. The molecule has 0 atom stereocenters. The number of carbonyl (C=O) groups excluding carboxylic acids is 1. The summed E-state index contributed by atoms with van der Waals surface area (Å²) in [6.07, 6.45) is 3.02. The van der Waals surface area contributed by atoms with Gasteiger partial charge in [0.25, 0.3) is 5.91 Å². The van der Waals surface area contributed by atoms with Crippen molar-refractivity contribution in [3.8, 4) is 0 Å². The molecule has 2 aromatic rings. The highest BCUT2D eigenvalue weighted by atomic mass is 79.9. The first-order valence-electron chi connectivity index (χ1n) is 5.37. The first kappa shape index (κ1) is 15.5. The third-order valence-electron chi connectivity index (χ3n) is 2.38. The van der Waals surface area contributed by atoms with Crippen LogP contribution in [-0.4, -0.2) is 15.9 Å². The molecule has 0 aliphatic carbocycles. The second-order valence-corrected chi connectivity index (χ2v) is 5.81. The van der Waals surface area contributed by atoms with Crippen molar-refractivity contribution in [3.05, 3.63) is 55.5 Å². The Bertz CT molecular complexity index is 646. The van der Waals surface area contributed by atoms with Gasteiger partial charge in [0.05, 0.1) is 27.8 Å². The van der Waals surface area contributed by atoms with E-state index in [0.717, 1.165) is 4.47 Å². The fourth-order valence-corrected chi connectivity index (χ4v) is 2.66. The number of halogens is 4. The van der Waals surface area contributed by atoms with Gasteiger partial charge in [0, 0.05) is 16.9 Å². The number of aromatic nitrogens is 2. The van der Waals surface area contributed by atoms with Gasteiger partial charge in [-0.05, 0) is 28.1 Å². The lowest BCUT2D eigenvalue weighted by atomic mass is 10.2. The van der Waals surface area contributed by atoms with Crippen LogP contribution in [0, 0.1) is 0 Å². The predicted molar refractivity (Wildman–Crippen MR) is 82.4 cm³/mol. The third kappa shape index (κ3) is 3.61. The second kappa shape index (κ2) is 6.72. The minimum Gasteiger partial charge on any atom is -0.346 e. The standard InChI is InChI=1S/C12H7BrCl3N3O/c13-6-3-8(15)9(18-4-6)5-19-12(20)10-7(14)1-2-17-11(10)16/h1-4H,5H2,(H,19,20). The minimum atomic E-state index is -0.436. The highest BCUT2D eigenvalue weighted by Crippen LogP contribution is 2.22. The van der Waals surface area contributed by atoms with Gasteiger partial charge >= 0.3 is 0 Å². The Balaban J connectivity index is 2.13. The van der Waals surface area contributed by atoms with Crippen molar-refractivity contribution in [2.45, 2.75) is 6.54 Å². The highest BCUT2D eigenvalue weighted by Gasteiger charge is 2.16. The van der Waals surface area contributed by atoms with Crippen molar-refractivity contribution in [2.24, 2.45) is 0 Å². The summed E-state index contributed by atoms with van der Waals surface area (Å²) in [4.78, 5) is 20.0. The molecule has 0 spiro atoms. The van der Waals surface area contributed by atoms with Crippen LogP contribution in [0.2, 0.25) is 15.2 Å². The van der Waals surface area contributed by atoms with Crippen molar-refractivity contribution in [1.29, 1.82) is 0 Å². The molecule has 1 amide bonds. The van der Waals surface area contributed by atoms with Crippen LogP contribution in [0.15, 0.2) is 29.0 Å². The second-order valence-electron chi connectivity index (χ2n) is 3.72. The van der Waals surface area contributed by atoms with Crippen LogP contribution in [0.3, 0.4) is 0 Å². The summed E-state index contributed by atoms with van der Waals surface area (Å²) < 4.78 is 0.760. The molecule has 0 saturated carbocycles. The number of hydrogen-bond acceptors (Lipinski definition) is 3. The lowest BCUT2D eigenvalue weighted by Gasteiger charge is -2.08. The molecule has 0 aliphatic heterocycles. The molecule has 0 aliphatic rings. The summed E-state index contributed by atoms with van der Waals surface area (Å²) in [6.45, 7) is 0.159. The fraction of sp³-hybridized carbons (Fsp3) is 0.0833. The van der Waals surface area contributed by atoms with Gasteiger partial charge in [-0.3, -0.25) is 9.78 Å². The molecule has 4 nitrogen and oxygen atoms in total. The Kier molecular flexibility index (Phi) is 5.21. The van der Waals surface area contributed by atoms with Gasteiger partial charge in [-0.1, -0.05) is 34.8 Å². The molecule has 0 bridgehead atoms. The average molecular weight is 395 g/mol. The summed E-state index contributed by atoms with van der Waals surface area (Å²) >= 11 is 21.0. The van der Waals surface area contributed by atoms with Crippen LogP contribution in [-0.2, 0) is 6.54 Å². The normalized spacial score (nSPS) is 10.4. The number of nitrogens with one attached hydrogen (secondary N) is 1. The lowest BCUT2D eigenvalue weighted by Crippen LogP contribution is -2.24. The average Bonchev–Trinajstić information content (AvgIpc) is 2.37. The largest absolute Gasteiger partial charge is 0.346 e. The highest BCUT2D eigenvalue weighted by molar-refractivity contribution is 9.10. The SMILES string of the molecule is O=C(NCc1ncc(Br)cc1Cl)c1c(Cl)ccnc1Cl. The van der Waals surface area contributed by atoms with Crippen LogP contribution < -0.4 is 5.32 Å². The molecule has 0 radical (unpaired) electrons. The van der Waals surface area contributed by atoms with Crippen molar-refractivity contribution in [3.63, 3.8) is 0 Å². The summed E-state index contributed by atoms with van der Waals surface area (Å²) in [7, 11) is 0. The molecule has 0 aromatic carbocycles. The molecule has 0 saturated heterocycles. The van der Waals surface area contributed by atoms with Crippen LogP contribution in [0.5, 0.6) is 0 Å². The number of pyridine rings is 2. The molecule has 2 heterocycles. The van der Waals surface area contributed by atoms with Gasteiger partial charge in [-0.25, -0.2) is 4.98 Å². The summed E-state index contributed by atoms with van der Waals surface area (Å²) in [6, 6.07) is 3.19. The maximum absolute atomic E-state index is 12.0. The van der Waals surface area contributed by atoms with Crippen molar-refractivity contribution >= 4 is 56.6 Å². The first-order valence-corrected chi connectivity index (χ1v) is 7.30. The zero-order valence-electron chi connectivity index (χ0n) is 9.83. The Morgan fingerprint density at radius 3 is 2.65 bits per heavy atom. The van der Waals surface area contributed by atoms with E-state index in [0.29, 0.717) is 10.7 Å². The monoisotopic (exact) mass is 393 g/mol. The summed E-state index contributed by atoms with van der Waals surface area (Å²) in [5.74, 6) is -0.436. The molecule has 2 rings (SSSR count). The summed E-state index contributed by atoms with van der Waals surface area (Å²) in [5, 5.41) is 3.37. The van der Waals surface area contributed by atoms with E-state index in [-0.39, 0.29) is 22.3 Å². The van der Waals surface area contributed by atoms with Crippen molar-refractivity contribution in [2.75, 3.05) is 0 Å². The molecule has 0 fully saturated rings. The molecule has 8 heteroatoms. The van der Waals surface area contributed by atoms with E-state index >= 15 is 0 Å². The molecule has 2 aromatic heterocycles. The lowest BCUT2D eigenvalue weighted by molar-refractivity contribution is 0.0950. The topological polar surface area (TPSA) is 54.9 Å². The number of nitrogens with zero attached hydrogens (tertiary/aromatic N) is 2. The number of amides is 1. The molecular formula is C12H7BrCl3N3O. The van der Waals surface area contributed by atoms with Crippen molar-refractivity contribution in [1.82, 2.24) is 15.3 Å². The molecular weight excluding hydrogens is 388 g/mol. The van der Waals surface area contributed by atoms with E-state index in [9.17, 15) is 4.79 Å². The van der Waals surface area contributed by atoms with Gasteiger partial charge in [0.1, 0.15) is 5.15 Å². The Hall–Kier alpha value is -0.880. The van der Waals surface area contributed by atoms with Gasteiger partial charge < -0.3 is 5.32 Å². The van der Waals surface area contributed by atoms with Gasteiger partial charge in [-0.15, -0.1) is 0 Å². The molecule has 0 unspecified atom stereocenters. The van der Waals surface area contributed by atoms with Crippen LogP contribution in [0.1, 0.15) is 16.1 Å². The van der Waals surface area contributed by atoms with Gasteiger partial charge in [0.2, 0.25) is 0 Å². The summed E-state index contributed by atoms with van der Waals surface area (Å²) in [5.41, 5.74) is 0.670. The third-order valence-corrected chi connectivity index (χ3v) is 3.74. The zero-order chi connectivity index (χ0) is 14.7. The predicted octanol–water partition coefficient (Wildman–Crippen LogP) is 4.13. The smallest absolute Gasteiger partial charge is 0.256 e. The maximum atomic E-state index is 12.0. The minimum absolute atomic E-state index is 0.0462. The van der Waals surface area contributed by atoms with E-state index < -0.39 is 5.91 Å². The molecule has 20 heavy (non-hydrogen) atoms. The number of hydrogen-bond donors (Lipinski definition) is 1.